The van der Waals surface area contributed by atoms with Gasteiger partial charge >= 0.3 is 6.09 Å². The Hall–Kier alpha value is -3.67. The number of nitrogens with one attached hydrogen (secondary N) is 1. The second-order valence-electron chi connectivity index (χ2n) is 5.21. The number of carbonyl (C=O) groups excluding carboxylic acids is 1. The third-order valence-electron chi connectivity index (χ3n) is 3.48. The Bertz CT molecular complexity index is 893. The Morgan fingerprint density at radius 3 is 2.24 bits per heavy atom. The topological polar surface area (TPSA) is 81.5 Å². The molecule has 0 heterocycles. The van der Waals surface area contributed by atoms with Crippen LogP contribution in [0, 0.1) is 10.1 Å². The van der Waals surface area contributed by atoms with E-state index in [-0.39, 0.29) is 5.69 Å². The highest BCUT2D eigenvalue weighted by Crippen LogP contribution is 2.22. The first-order valence-electron chi connectivity index (χ1n) is 7.50. The molecule has 0 bridgehead atoms. The standard InChI is InChI=1S/C19H14N2O4/c22-19(20-16-7-4-8-17(13-16)21(23)24)25-18-11-9-15(10-12-18)14-5-2-1-3-6-14/h1-13H,(H,20,22). The molecule has 0 aliphatic carbocycles. The van der Waals surface area contributed by atoms with Crippen molar-refractivity contribution >= 4 is 17.5 Å². The monoisotopic (exact) mass is 334 g/mol. The van der Waals surface area contributed by atoms with Gasteiger partial charge in [0.2, 0.25) is 0 Å². The maximum atomic E-state index is 11.9. The van der Waals surface area contributed by atoms with Gasteiger partial charge in [0.15, 0.2) is 0 Å². The number of ether oxygens (including phenoxy) is 1. The number of amides is 1. The van der Waals surface area contributed by atoms with Gasteiger partial charge in [0.25, 0.3) is 5.69 Å². The number of rotatable bonds is 4. The highest BCUT2D eigenvalue weighted by molar-refractivity contribution is 5.86. The predicted octanol–water partition coefficient (Wildman–Crippen LogP) is 4.87. The summed E-state index contributed by atoms with van der Waals surface area (Å²) in [6.07, 6.45) is -0.715. The van der Waals surface area contributed by atoms with Crippen LogP contribution in [0.1, 0.15) is 0 Å². The molecule has 25 heavy (non-hydrogen) atoms. The van der Waals surface area contributed by atoms with E-state index in [0.717, 1.165) is 11.1 Å². The van der Waals surface area contributed by atoms with Gasteiger partial charge in [0, 0.05) is 12.1 Å². The quantitative estimate of drug-likeness (QED) is 0.545. The second-order valence-corrected chi connectivity index (χ2v) is 5.21. The summed E-state index contributed by atoms with van der Waals surface area (Å²) in [5, 5.41) is 13.2. The molecule has 0 aliphatic heterocycles. The minimum Gasteiger partial charge on any atom is -0.410 e. The zero-order valence-corrected chi connectivity index (χ0v) is 13.1. The number of benzene rings is 3. The predicted molar refractivity (Wildman–Crippen MR) is 94.6 cm³/mol. The number of carbonyl (C=O) groups is 1. The van der Waals surface area contributed by atoms with Crippen molar-refractivity contribution in [2.75, 3.05) is 5.32 Å². The molecule has 124 valence electrons. The van der Waals surface area contributed by atoms with Crippen LogP contribution < -0.4 is 10.1 Å². The average molecular weight is 334 g/mol. The minimum absolute atomic E-state index is 0.106. The number of non-ortho nitro benzene ring substituents is 1. The highest BCUT2D eigenvalue weighted by atomic mass is 16.6. The third-order valence-corrected chi connectivity index (χ3v) is 3.48. The molecule has 3 aromatic carbocycles. The lowest BCUT2D eigenvalue weighted by Gasteiger charge is -2.07. The summed E-state index contributed by atoms with van der Waals surface area (Å²) in [4.78, 5) is 22.1. The molecule has 0 saturated carbocycles. The maximum Gasteiger partial charge on any atom is 0.417 e. The number of nitrogens with zero attached hydrogens (tertiary/aromatic N) is 1. The molecule has 1 N–H and O–H groups in total. The van der Waals surface area contributed by atoms with Gasteiger partial charge in [0.1, 0.15) is 5.75 Å². The van der Waals surface area contributed by atoms with Gasteiger partial charge in [0.05, 0.1) is 10.6 Å². The van der Waals surface area contributed by atoms with Gasteiger partial charge in [-0.25, -0.2) is 4.79 Å². The Morgan fingerprint density at radius 2 is 1.56 bits per heavy atom. The maximum absolute atomic E-state index is 11.9. The second kappa shape index (κ2) is 7.27. The summed E-state index contributed by atoms with van der Waals surface area (Å²) in [5.74, 6) is 0.377. The first-order chi connectivity index (χ1) is 12.1. The summed E-state index contributed by atoms with van der Waals surface area (Å²) in [5.41, 5.74) is 2.26. The summed E-state index contributed by atoms with van der Waals surface area (Å²) < 4.78 is 5.19. The van der Waals surface area contributed by atoms with Crippen molar-refractivity contribution in [3.05, 3.63) is 89.0 Å². The summed E-state index contributed by atoms with van der Waals surface area (Å²) in [6.45, 7) is 0. The Balaban J connectivity index is 1.65. The van der Waals surface area contributed by atoms with Crippen molar-refractivity contribution in [1.82, 2.24) is 0 Å². The van der Waals surface area contributed by atoms with Crippen LogP contribution in [-0.4, -0.2) is 11.0 Å². The van der Waals surface area contributed by atoms with Crippen molar-refractivity contribution in [1.29, 1.82) is 0 Å². The fourth-order valence-corrected chi connectivity index (χ4v) is 2.29. The van der Waals surface area contributed by atoms with Crippen molar-refractivity contribution < 1.29 is 14.5 Å². The van der Waals surface area contributed by atoms with Crippen molar-refractivity contribution in [3.8, 4) is 16.9 Å². The Morgan fingerprint density at radius 1 is 0.880 bits per heavy atom. The van der Waals surface area contributed by atoms with Gasteiger partial charge in [-0.3, -0.25) is 15.4 Å². The molecule has 0 radical (unpaired) electrons. The summed E-state index contributed by atoms with van der Waals surface area (Å²) in [6, 6.07) is 22.6. The van der Waals surface area contributed by atoms with E-state index in [1.807, 2.05) is 42.5 Å². The molecule has 3 rings (SSSR count). The van der Waals surface area contributed by atoms with Crippen LogP contribution in [0.25, 0.3) is 11.1 Å². The van der Waals surface area contributed by atoms with Crippen molar-refractivity contribution in [2.45, 2.75) is 0 Å². The molecule has 0 spiro atoms. The van der Waals surface area contributed by atoms with Crippen molar-refractivity contribution in [3.63, 3.8) is 0 Å². The van der Waals surface area contributed by atoms with E-state index in [2.05, 4.69) is 5.32 Å². The van der Waals surface area contributed by atoms with Crippen LogP contribution in [0.2, 0.25) is 0 Å². The van der Waals surface area contributed by atoms with E-state index >= 15 is 0 Å². The zero-order chi connectivity index (χ0) is 17.6. The minimum atomic E-state index is -0.715. The summed E-state index contributed by atoms with van der Waals surface area (Å²) >= 11 is 0. The third kappa shape index (κ3) is 4.20. The number of anilines is 1. The molecule has 0 unspecified atom stereocenters. The van der Waals surface area contributed by atoms with Gasteiger partial charge < -0.3 is 4.74 Å². The average Bonchev–Trinajstić information content (AvgIpc) is 2.63. The van der Waals surface area contributed by atoms with E-state index in [9.17, 15) is 14.9 Å². The molecule has 1 amide bonds. The first-order valence-corrected chi connectivity index (χ1v) is 7.50. The fourth-order valence-electron chi connectivity index (χ4n) is 2.29. The van der Waals surface area contributed by atoms with Crippen LogP contribution in [0.4, 0.5) is 16.2 Å². The van der Waals surface area contributed by atoms with E-state index in [4.69, 9.17) is 4.74 Å². The molecule has 0 saturated heterocycles. The van der Waals surface area contributed by atoms with Gasteiger partial charge in [-0.15, -0.1) is 0 Å². The molecule has 0 aliphatic rings. The van der Waals surface area contributed by atoms with E-state index in [1.54, 1.807) is 18.2 Å². The summed E-state index contributed by atoms with van der Waals surface area (Å²) in [7, 11) is 0. The van der Waals surface area contributed by atoms with Gasteiger partial charge in [-0.2, -0.15) is 0 Å². The van der Waals surface area contributed by atoms with Crippen LogP contribution >= 0.6 is 0 Å². The lowest BCUT2D eigenvalue weighted by molar-refractivity contribution is -0.384. The smallest absolute Gasteiger partial charge is 0.410 e. The largest absolute Gasteiger partial charge is 0.417 e. The molecular weight excluding hydrogens is 320 g/mol. The number of hydrogen-bond donors (Lipinski definition) is 1. The molecule has 6 nitrogen and oxygen atoms in total. The van der Waals surface area contributed by atoms with Gasteiger partial charge in [-0.1, -0.05) is 48.5 Å². The van der Waals surface area contributed by atoms with Crippen LogP contribution in [0.15, 0.2) is 78.9 Å². The van der Waals surface area contributed by atoms with Crippen LogP contribution in [0.5, 0.6) is 5.75 Å². The highest BCUT2D eigenvalue weighted by Gasteiger charge is 2.09. The molecule has 0 fully saturated rings. The number of hydrogen-bond acceptors (Lipinski definition) is 4. The Labute approximate surface area is 143 Å². The first kappa shape index (κ1) is 16.2. The number of nitro groups is 1. The SMILES string of the molecule is O=C(Nc1cccc([N+](=O)[O-])c1)Oc1ccc(-c2ccccc2)cc1. The zero-order valence-electron chi connectivity index (χ0n) is 13.1. The lowest BCUT2D eigenvalue weighted by atomic mass is 10.1. The molecule has 3 aromatic rings. The molecule has 0 atom stereocenters. The van der Waals surface area contributed by atoms with Crippen LogP contribution in [-0.2, 0) is 0 Å². The lowest BCUT2D eigenvalue weighted by Crippen LogP contribution is -2.16. The van der Waals surface area contributed by atoms with Gasteiger partial charge in [-0.05, 0) is 29.3 Å². The van der Waals surface area contributed by atoms with E-state index in [0.29, 0.717) is 11.4 Å². The van der Waals surface area contributed by atoms with Crippen LogP contribution in [0.3, 0.4) is 0 Å². The fraction of sp³-hybridized carbons (Fsp3) is 0. The molecule has 6 heteroatoms. The molecular formula is C19H14N2O4. The normalized spacial score (nSPS) is 10.1. The Kier molecular flexibility index (Phi) is 4.71. The van der Waals surface area contributed by atoms with Crippen molar-refractivity contribution in [2.24, 2.45) is 0 Å². The van der Waals surface area contributed by atoms with E-state index in [1.165, 1.54) is 18.2 Å². The number of nitro benzene ring substituents is 1. The molecule has 0 aromatic heterocycles. The van der Waals surface area contributed by atoms with E-state index < -0.39 is 11.0 Å².